The van der Waals surface area contributed by atoms with Crippen molar-refractivity contribution in [1.82, 2.24) is 4.98 Å². The van der Waals surface area contributed by atoms with Crippen LogP contribution in [0.2, 0.25) is 0 Å². The first-order chi connectivity index (χ1) is 9.22. The lowest BCUT2D eigenvalue weighted by atomic mass is 10.3. The van der Waals surface area contributed by atoms with E-state index >= 15 is 0 Å². The topological polar surface area (TPSA) is 69.7 Å². The van der Waals surface area contributed by atoms with E-state index in [9.17, 15) is 4.79 Å². The lowest BCUT2D eigenvalue weighted by molar-refractivity contribution is -0.116. The minimum atomic E-state index is -0.121. The summed E-state index contributed by atoms with van der Waals surface area (Å²) in [5, 5.41) is 2.75. The molecule has 1 aromatic heterocycles. The van der Waals surface area contributed by atoms with Gasteiger partial charge in [0.15, 0.2) is 0 Å². The molecule has 0 radical (unpaired) electrons. The van der Waals surface area contributed by atoms with Crippen molar-refractivity contribution in [2.75, 3.05) is 32.8 Å². The Morgan fingerprint density at radius 1 is 1.37 bits per heavy atom. The largest absolute Gasteiger partial charge is 0.494 e. The highest BCUT2D eigenvalue weighted by molar-refractivity contribution is 5.93. The maximum absolute atomic E-state index is 11.8. The SMILES string of the molecule is CCOCCCC(=O)Nc1c(OC)ccnc1OC. The van der Waals surface area contributed by atoms with Gasteiger partial charge in [-0.2, -0.15) is 0 Å². The number of aromatic nitrogens is 1. The molecule has 0 spiro atoms. The third-order valence-electron chi connectivity index (χ3n) is 2.45. The summed E-state index contributed by atoms with van der Waals surface area (Å²) in [5.74, 6) is 0.729. The Balaban J connectivity index is 2.62. The highest BCUT2D eigenvalue weighted by Gasteiger charge is 2.14. The quantitative estimate of drug-likeness (QED) is 0.729. The molecular formula is C13H20N2O4. The highest BCUT2D eigenvalue weighted by Crippen LogP contribution is 2.31. The molecule has 0 aliphatic heterocycles. The molecule has 0 aliphatic rings. The van der Waals surface area contributed by atoms with Crippen LogP contribution >= 0.6 is 0 Å². The zero-order valence-corrected chi connectivity index (χ0v) is 11.6. The lowest BCUT2D eigenvalue weighted by Crippen LogP contribution is -2.14. The molecule has 0 fully saturated rings. The number of rotatable bonds is 8. The fourth-order valence-corrected chi connectivity index (χ4v) is 1.55. The summed E-state index contributed by atoms with van der Waals surface area (Å²) in [4.78, 5) is 15.8. The van der Waals surface area contributed by atoms with Crippen LogP contribution in [0.5, 0.6) is 11.6 Å². The average molecular weight is 268 g/mol. The van der Waals surface area contributed by atoms with Crippen molar-refractivity contribution in [3.63, 3.8) is 0 Å². The summed E-state index contributed by atoms with van der Waals surface area (Å²) in [5.41, 5.74) is 0.453. The van der Waals surface area contributed by atoms with Crippen LogP contribution in [0.15, 0.2) is 12.3 Å². The standard InChI is InChI=1S/C13H20N2O4/c1-4-19-9-5-6-11(16)15-12-10(17-2)7-8-14-13(12)18-3/h7-8H,4-6,9H2,1-3H3,(H,15,16). The van der Waals surface area contributed by atoms with Gasteiger partial charge in [-0.1, -0.05) is 0 Å². The summed E-state index contributed by atoms with van der Waals surface area (Å²) in [7, 11) is 3.02. The lowest BCUT2D eigenvalue weighted by Gasteiger charge is -2.12. The van der Waals surface area contributed by atoms with E-state index in [0.29, 0.717) is 43.4 Å². The van der Waals surface area contributed by atoms with E-state index in [2.05, 4.69) is 10.3 Å². The van der Waals surface area contributed by atoms with Gasteiger partial charge in [-0.25, -0.2) is 4.98 Å². The highest BCUT2D eigenvalue weighted by atomic mass is 16.5. The molecule has 1 amide bonds. The van der Waals surface area contributed by atoms with E-state index in [1.807, 2.05) is 6.92 Å². The van der Waals surface area contributed by atoms with Gasteiger partial charge in [0.1, 0.15) is 11.4 Å². The number of methoxy groups -OCH3 is 2. The summed E-state index contributed by atoms with van der Waals surface area (Å²) in [6, 6.07) is 1.67. The molecule has 0 saturated carbocycles. The summed E-state index contributed by atoms with van der Waals surface area (Å²) >= 11 is 0. The monoisotopic (exact) mass is 268 g/mol. The zero-order valence-electron chi connectivity index (χ0n) is 11.6. The molecular weight excluding hydrogens is 248 g/mol. The Morgan fingerprint density at radius 2 is 2.16 bits per heavy atom. The van der Waals surface area contributed by atoms with E-state index in [4.69, 9.17) is 14.2 Å². The van der Waals surface area contributed by atoms with Gasteiger partial charge < -0.3 is 19.5 Å². The molecule has 6 nitrogen and oxygen atoms in total. The van der Waals surface area contributed by atoms with Crippen LogP contribution in [0.4, 0.5) is 5.69 Å². The number of pyridine rings is 1. The van der Waals surface area contributed by atoms with Crippen LogP contribution in [0, 0.1) is 0 Å². The Hall–Kier alpha value is -1.82. The van der Waals surface area contributed by atoms with Gasteiger partial charge in [-0.05, 0) is 13.3 Å². The molecule has 0 aliphatic carbocycles. The maximum Gasteiger partial charge on any atom is 0.241 e. The van der Waals surface area contributed by atoms with E-state index in [-0.39, 0.29) is 5.91 Å². The van der Waals surface area contributed by atoms with Gasteiger partial charge in [0.05, 0.1) is 14.2 Å². The number of hydrogen-bond acceptors (Lipinski definition) is 5. The molecule has 19 heavy (non-hydrogen) atoms. The molecule has 106 valence electrons. The number of carbonyl (C=O) groups excluding carboxylic acids is 1. The van der Waals surface area contributed by atoms with Gasteiger partial charge in [-0.15, -0.1) is 0 Å². The van der Waals surface area contributed by atoms with Crippen LogP contribution in [0.25, 0.3) is 0 Å². The molecule has 0 saturated heterocycles. The maximum atomic E-state index is 11.8. The molecule has 0 atom stereocenters. The number of anilines is 1. The number of nitrogens with one attached hydrogen (secondary N) is 1. The van der Waals surface area contributed by atoms with Gasteiger partial charge in [-0.3, -0.25) is 4.79 Å². The normalized spacial score (nSPS) is 10.1. The second-order valence-electron chi connectivity index (χ2n) is 3.75. The third kappa shape index (κ3) is 4.75. The fraction of sp³-hybridized carbons (Fsp3) is 0.538. The van der Waals surface area contributed by atoms with E-state index < -0.39 is 0 Å². The first-order valence-electron chi connectivity index (χ1n) is 6.17. The van der Waals surface area contributed by atoms with Gasteiger partial charge in [0.25, 0.3) is 0 Å². The molecule has 1 heterocycles. The number of amides is 1. The van der Waals surface area contributed by atoms with Crippen LogP contribution in [0.1, 0.15) is 19.8 Å². The molecule has 1 aromatic rings. The van der Waals surface area contributed by atoms with Crippen molar-refractivity contribution >= 4 is 11.6 Å². The predicted molar refractivity (Wildman–Crippen MR) is 71.7 cm³/mol. The zero-order chi connectivity index (χ0) is 14.1. The van der Waals surface area contributed by atoms with Gasteiger partial charge in [0, 0.05) is 31.9 Å². The molecule has 0 aromatic carbocycles. The summed E-state index contributed by atoms with van der Waals surface area (Å²) in [6.07, 6.45) is 2.61. The smallest absolute Gasteiger partial charge is 0.241 e. The van der Waals surface area contributed by atoms with Crippen molar-refractivity contribution in [2.24, 2.45) is 0 Å². The molecule has 1 N–H and O–H groups in total. The van der Waals surface area contributed by atoms with Crippen molar-refractivity contribution in [2.45, 2.75) is 19.8 Å². The van der Waals surface area contributed by atoms with Crippen LogP contribution in [-0.2, 0) is 9.53 Å². The first kappa shape index (κ1) is 15.2. The first-order valence-corrected chi connectivity index (χ1v) is 6.17. The van der Waals surface area contributed by atoms with Crippen molar-refractivity contribution in [3.05, 3.63) is 12.3 Å². The van der Waals surface area contributed by atoms with Crippen molar-refractivity contribution < 1.29 is 19.0 Å². The number of hydrogen-bond donors (Lipinski definition) is 1. The summed E-state index contributed by atoms with van der Waals surface area (Å²) < 4.78 is 15.5. The Bertz CT molecular complexity index is 387. The summed E-state index contributed by atoms with van der Waals surface area (Å²) in [6.45, 7) is 3.16. The average Bonchev–Trinajstić information content (AvgIpc) is 2.43. The minimum Gasteiger partial charge on any atom is -0.494 e. The van der Waals surface area contributed by atoms with Gasteiger partial charge in [0.2, 0.25) is 11.8 Å². The fourth-order valence-electron chi connectivity index (χ4n) is 1.55. The second kappa shape index (κ2) is 8.31. The van der Waals surface area contributed by atoms with E-state index in [0.717, 1.165) is 0 Å². The van der Waals surface area contributed by atoms with Crippen LogP contribution < -0.4 is 14.8 Å². The van der Waals surface area contributed by atoms with Crippen LogP contribution in [0.3, 0.4) is 0 Å². The molecule has 0 bridgehead atoms. The third-order valence-corrected chi connectivity index (χ3v) is 2.45. The molecule has 0 unspecified atom stereocenters. The predicted octanol–water partition coefficient (Wildman–Crippen LogP) is 1.85. The Morgan fingerprint density at radius 3 is 2.79 bits per heavy atom. The van der Waals surface area contributed by atoms with Crippen LogP contribution in [-0.4, -0.2) is 38.3 Å². The Labute approximate surface area is 113 Å². The number of carbonyl (C=O) groups is 1. The number of nitrogens with zero attached hydrogens (tertiary/aromatic N) is 1. The van der Waals surface area contributed by atoms with E-state index in [1.165, 1.54) is 14.2 Å². The number of ether oxygens (including phenoxy) is 3. The van der Waals surface area contributed by atoms with Gasteiger partial charge >= 0.3 is 0 Å². The van der Waals surface area contributed by atoms with Crippen molar-refractivity contribution in [3.8, 4) is 11.6 Å². The minimum absolute atomic E-state index is 0.121. The molecule has 1 rings (SSSR count). The Kier molecular flexibility index (Phi) is 6.67. The second-order valence-corrected chi connectivity index (χ2v) is 3.75. The molecule has 6 heteroatoms. The van der Waals surface area contributed by atoms with Crippen molar-refractivity contribution in [1.29, 1.82) is 0 Å². The van der Waals surface area contributed by atoms with E-state index in [1.54, 1.807) is 12.3 Å².